The minimum atomic E-state index is -1.34. The molecule has 19 heavy (non-hydrogen) atoms. The van der Waals surface area contributed by atoms with Crippen LogP contribution in [0.25, 0.3) is 0 Å². The van der Waals surface area contributed by atoms with Crippen molar-refractivity contribution in [1.82, 2.24) is 0 Å². The predicted octanol–water partition coefficient (Wildman–Crippen LogP) is 3.86. The van der Waals surface area contributed by atoms with Crippen molar-refractivity contribution in [2.75, 3.05) is 0 Å². The topological polar surface area (TPSA) is 40.5 Å². The molecule has 2 aromatic rings. The average Bonchev–Trinajstić information content (AvgIpc) is 2.42. The van der Waals surface area contributed by atoms with E-state index in [0.717, 1.165) is 0 Å². The first-order chi connectivity index (χ1) is 9.08. The lowest BCUT2D eigenvalue weighted by Crippen LogP contribution is -2.26. The van der Waals surface area contributed by atoms with Gasteiger partial charge >= 0.3 is 0 Å². The summed E-state index contributed by atoms with van der Waals surface area (Å²) >= 11 is 5.96. The number of aliphatic hydroxyl groups is 1. The molecular formula is C16H15ClO2. The van der Waals surface area contributed by atoms with E-state index in [1.807, 2.05) is 30.3 Å². The quantitative estimate of drug-likeness (QED) is 0.831. The van der Waals surface area contributed by atoms with Gasteiger partial charge in [-0.05, 0) is 23.8 Å². The lowest BCUT2D eigenvalue weighted by molar-refractivity contribution is 0.0814. The fraction of sp³-hybridized carbons (Fsp3) is 0.125. The summed E-state index contributed by atoms with van der Waals surface area (Å²) in [5.41, 5.74) is -0.267. The average molecular weight is 275 g/mol. The molecule has 0 saturated heterocycles. The third-order valence-electron chi connectivity index (χ3n) is 3.10. The largest absolute Gasteiger partial charge is 0.508 e. The summed E-state index contributed by atoms with van der Waals surface area (Å²) in [7, 11) is 0. The van der Waals surface area contributed by atoms with E-state index in [-0.39, 0.29) is 12.2 Å². The molecule has 0 radical (unpaired) electrons. The number of halogens is 1. The third kappa shape index (κ3) is 2.65. The van der Waals surface area contributed by atoms with E-state index in [0.29, 0.717) is 16.1 Å². The summed E-state index contributed by atoms with van der Waals surface area (Å²) in [6.07, 6.45) is 1.90. The zero-order chi connectivity index (χ0) is 13.9. The van der Waals surface area contributed by atoms with Crippen molar-refractivity contribution >= 4 is 11.6 Å². The van der Waals surface area contributed by atoms with Crippen molar-refractivity contribution in [3.8, 4) is 5.75 Å². The van der Waals surface area contributed by atoms with E-state index in [1.165, 1.54) is 6.07 Å². The van der Waals surface area contributed by atoms with Gasteiger partial charge in [0.15, 0.2) is 0 Å². The van der Waals surface area contributed by atoms with Gasteiger partial charge in [-0.1, -0.05) is 48.0 Å². The molecule has 3 heteroatoms. The zero-order valence-corrected chi connectivity index (χ0v) is 11.1. The predicted molar refractivity (Wildman–Crippen MR) is 77.4 cm³/mol. The molecule has 1 unspecified atom stereocenters. The number of hydrogen-bond acceptors (Lipinski definition) is 2. The van der Waals surface area contributed by atoms with Crippen molar-refractivity contribution in [3.63, 3.8) is 0 Å². The van der Waals surface area contributed by atoms with E-state index in [1.54, 1.807) is 18.2 Å². The molecule has 0 amide bonds. The maximum atomic E-state index is 11.0. The van der Waals surface area contributed by atoms with Crippen molar-refractivity contribution in [2.24, 2.45) is 0 Å². The number of aromatic hydroxyl groups is 1. The first-order valence-corrected chi connectivity index (χ1v) is 6.33. The van der Waals surface area contributed by atoms with Crippen LogP contribution in [-0.2, 0) is 5.60 Å². The summed E-state index contributed by atoms with van der Waals surface area (Å²) in [5.74, 6) is 0.0117. The minimum absolute atomic E-state index is 0.0117. The van der Waals surface area contributed by atoms with E-state index in [9.17, 15) is 10.2 Å². The van der Waals surface area contributed by atoms with Gasteiger partial charge in [0, 0.05) is 17.0 Å². The Morgan fingerprint density at radius 2 is 1.84 bits per heavy atom. The van der Waals surface area contributed by atoms with Crippen LogP contribution in [0.2, 0.25) is 5.02 Å². The lowest BCUT2D eigenvalue weighted by atomic mass is 9.83. The molecule has 1 atom stereocenters. The summed E-state index contributed by atoms with van der Waals surface area (Å²) in [5, 5.41) is 21.4. The van der Waals surface area contributed by atoms with Crippen LogP contribution in [0.4, 0.5) is 0 Å². The second kappa shape index (κ2) is 5.47. The second-order valence-corrected chi connectivity index (χ2v) is 4.82. The van der Waals surface area contributed by atoms with Gasteiger partial charge in [-0.25, -0.2) is 0 Å². The molecule has 2 N–H and O–H groups in total. The summed E-state index contributed by atoms with van der Waals surface area (Å²) in [6.45, 7) is 3.67. The molecule has 0 aromatic heterocycles. The smallest absolute Gasteiger partial charge is 0.122 e. The SMILES string of the molecule is C=CCC(O)(c1ccccc1)c1cc(Cl)ccc1O. The van der Waals surface area contributed by atoms with E-state index < -0.39 is 5.60 Å². The first-order valence-electron chi connectivity index (χ1n) is 5.95. The molecule has 0 bridgehead atoms. The van der Waals surface area contributed by atoms with E-state index >= 15 is 0 Å². The van der Waals surface area contributed by atoms with Gasteiger partial charge in [-0.3, -0.25) is 0 Å². The highest BCUT2D eigenvalue weighted by Gasteiger charge is 2.32. The molecule has 0 spiro atoms. The molecule has 0 aliphatic rings. The van der Waals surface area contributed by atoms with E-state index in [2.05, 4.69) is 6.58 Å². The number of benzene rings is 2. The van der Waals surface area contributed by atoms with E-state index in [4.69, 9.17) is 11.6 Å². The van der Waals surface area contributed by atoms with Crippen LogP contribution in [0.3, 0.4) is 0 Å². The number of phenols is 1. The Morgan fingerprint density at radius 3 is 2.47 bits per heavy atom. The van der Waals surface area contributed by atoms with Crippen LogP contribution in [0.1, 0.15) is 17.5 Å². The van der Waals surface area contributed by atoms with Crippen LogP contribution in [-0.4, -0.2) is 10.2 Å². The maximum absolute atomic E-state index is 11.0. The summed E-state index contributed by atoms with van der Waals surface area (Å²) in [4.78, 5) is 0. The van der Waals surface area contributed by atoms with Crippen molar-refractivity contribution < 1.29 is 10.2 Å². The highest BCUT2D eigenvalue weighted by atomic mass is 35.5. The molecule has 2 nitrogen and oxygen atoms in total. The summed E-state index contributed by atoms with van der Waals surface area (Å²) in [6, 6.07) is 13.8. The first kappa shape index (κ1) is 13.7. The molecule has 0 heterocycles. The lowest BCUT2D eigenvalue weighted by Gasteiger charge is -2.29. The van der Waals surface area contributed by atoms with Crippen molar-refractivity contribution in [2.45, 2.75) is 12.0 Å². The number of phenolic OH excluding ortho intramolecular Hbond substituents is 1. The zero-order valence-electron chi connectivity index (χ0n) is 10.4. The van der Waals surface area contributed by atoms with Crippen LogP contribution in [0.15, 0.2) is 61.2 Å². The van der Waals surface area contributed by atoms with Crippen LogP contribution < -0.4 is 0 Å². The highest BCUT2D eigenvalue weighted by Crippen LogP contribution is 2.39. The van der Waals surface area contributed by atoms with Gasteiger partial charge in [-0.15, -0.1) is 6.58 Å². The van der Waals surface area contributed by atoms with Gasteiger partial charge in [0.1, 0.15) is 11.4 Å². The van der Waals surface area contributed by atoms with Gasteiger partial charge in [0.05, 0.1) is 0 Å². The van der Waals surface area contributed by atoms with Gasteiger partial charge < -0.3 is 10.2 Å². The number of hydrogen-bond donors (Lipinski definition) is 2. The normalized spacial score (nSPS) is 13.8. The fourth-order valence-electron chi connectivity index (χ4n) is 2.15. The molecule has 0 saturated carbocycles. The molecule has 2 rings (SSSR count). The van der Waals surface area contributed by atoms with Crippen LogP contribution in [0, 0.1) is 0 Å². The third-order valence-corrected chi connectivity index (χ3v) is 3.33. The molecule has 0 aliphatic heterocycles. The Kier molecular flexibility index (Phi) is 3.93. The van der Waals surface area contributed by atoms with Gasteiger partial charge in [0.25, 0.3) is 0 Å². The standard InChI is InChI=1S/C16H15ClO2/c1-2-10-16(19,12-6-4-3-5-7-12)14-11-13(17)8-9-15(14)18/h2-9,11,18-19H,1,10H2. The number of rotatable bonds is 4. The fourth-order valence-corrected chi connectivity index (χ4v) is 2.32. The Hall–Kier alpha value is -1.77. The molecular weight excluding hydrogens is 260 g/mol. The van der Waals surface area contributed by atoms with Crippen LogP contribution in [0.5, 0.6) is 5.75 Å². The molecule has 0 aliphatic carbocycles. The Labute approximate surface area is 117 Å². The molecule has 0 fully saturated rings. The van der Waals surface area contributed by atoms with Gasteiger partial charge in [-0.2, -0.15) is 0 Å². The Morgan fingerprint density at radius 1 is 1.16 bits per heavy atom. The second-order valence-electron chi connectivity index (χ2n) is 4.38. The van der Waals surface area contributed by atoms with Crippen molar-refractivity contribution in [1.29, 1.82) is 0 Å². The molecule has 98 valence electrons. The van der Waals surface area contributed by atoms with Crippen LogP contribution >= 0.6 is 11.6 Å². The molecule has 2 aromatic carbocycles. The van der Waals surface area contributed by atoms with Gasteiger partial charge in [0.2, 0.25) is 0 Å². The van der Waals surface area contributed by atoms with Crippen molar-refractivity contribution in [3.05, 3.63) is 77.3 Å². The Balaban J connectivity index is 2.62. The minimum Gasteiger partial charge on any atom is -0.508 e. The Bertz CT molecular complexity index is 581. The monoisotopic (exact) mass is 274 g/mol. The highest BCUT2D eigenvalue weighted by molar-refractivity contribution is 6.30. The maximum Gasteiger partial charge on any atom is 0.122 e. The summed E-state index contributed by atoms with van der Waals surface area (Å²) < 4.78 is 0.